The Kier molecular flexibility index (Phi) is 4.06. The molecule has 150 valence electrons. The standard InChI is InChI=1S/C19H26N6O3/c1-13-20-7-6-16(21-13)24-11-19(12-24)15-10-23(8-9-25(15)18(27)28-19)17(26)22-14-4-2-3-5-14/h6-7,14-15H,2-5,8-12H2,1H3,(H,22,26). The highest BCUT2D eigenvalue weighted by Gasteiger charge is 2.62. The van der Waals surface area contributed by atoms with Gasteiger partial charge in [0.15, 0.2) is 5.60 Å². The van der Waals surface area contributed by atoms with Crippen LogP contribution in [0.4, 0.5) is 15.4 Å². The van der Waals surface area contributed by atoms with Crippen LogP contribution in [0, 0.1) is 6.92 Å². The van der Waals surface area contributed by atoms with Crippen molar-refractivity contribution in [2.45, 2.75) is 50.3 Å². The largest absolute Gasteiger partial charge is 0.437 e. The number of carbonyl (C=O) groups is 2. The first-order valence-corrected chi connectivity index (χ1v) is 10.1. The maximum Gasteiger partial charge on any atom is 0.411 e. The maximum atomic E-state index is 12.7. The summed E-state index contributed by atoms with van der Waals surface area (Å²) in [5.41, 5.74) is -0.567. The van der Waals surface area contributed by atoms with Crippen molar-refractivity contribution in [3.8, 4) is 0 Å². The van der Waals surface area contributed by atoms with E-state index >= 15 is 0 Å². The lowest BCUT2D eigenvalue weighted by atomic mass is 9.84. The van der Waals surface area contributed by atoms with E-state index < -0.39 is 5.60 Å². The Balaban J connectivity index is 1.27. The number of amides is 3. The van der Waals surface area contributed by atoms with Gasteiger partial charge in [-0.2, -0.15) is 0 Å². The number of hydrogen-bond donors (Lipinski definition) is 1. The fourth-order valence-electron chi connectivity index (χ4n) is 4.93. The molecule has 1 atom stereocenters. The number of carbonyl (C=O) groups excluding carboxylic acids is 2. The zero-order valence-electron chi connectivity index (χ0n) is 16.1. The number of piperazine rings is 1. The fraction of sp³-hybridized carbons (Fsp3) is 0.684. The molecule has 0 radical (unpaired) electrons. The zero-order valence-corrected chi connectivity index (χ0v) is 16.1. The molecular formula is C19H26N6O3. The predicted molar refractivity (Wildman–Crippen MR) is 101 cm³/mol. The van der Waals surface area contributed by atoms with Gasteiger partial charge in [0, 0.05) is 31.9 Å². The van der Waals surface area contributed by atoms with Crippen LogP contribution >= 0.6 is 0 Å². The number of anilines is 1. The normalized spacial score (nSPS) is 26.2. The third kappa shape index (κ3) is 2.84. The minimum Gasteiger partial charge on any atom is -0.437 e. The molecule has 1 aromatic rings. The summed E-state index contributed by atoms with van der Waals surface area (Å²) < 4.78 is 5.82. The quantitative estimate of drug-likeness (QED) is 0.820. The number of aromatic nitrogens is 2. The topological polar surface area (TPSA) is 90.9 Å². The molecule has 3 amide bonds. The van der Waals surface area contributed by atoms with E-state index in [1.54, 1.807) is 11.1 Å². The molecule has 1 saturated carbocycles. The first-order chi connectivity index (χ1) is 13.5. The van der Waals surface area contributed by atoms with E-state index in [1.807, 2.05) is 17.9 Å². The van der Waals surface area contributed by atoms with Gasteiger partial charge in [-0.3, -0.25) is 4.90 Å². The second-order valence-corrected chi connectivity index (χ2v) is 8.34. The predicted octanol–water partition coefficient (Wildman–Crippen LogP) is 1.13. The Hall–Kier alpha value is -2.58. The number of aryl methyl sites for hydroxylation is 1. The second kappa shape index (κ2) is 6.49. The van der Waals surface area contributed by atoms with Crippen molar-refractivity contribution in [2.75, 3.05) is 37.6 Å². The van der Waals surface area contributed by atoms with E-state index in [4.69, 9.17) is 4.74 Å². The lowest BCUT2D eigenvalue weighted by Gasteiger charge is -2.51. The first-order valence-electron chi connectivity index (χ1n) is 10.1. The molecule has 1 N–H and O–H groups in total. The van der Waals surface area contributed by atoms with Crippen molar-refractivity contribution in [3.05, 3.63) is 18.1 Å². The number of nitrogens with zero attached hydrogens (tertiary/aromatic N) is 5. The molecule has 4 aliphatic rings. The fourth-order valence-corrected chi connectivity index (χ4v) is 4.93. The first kappa shape index (κ1) is 17.5. The van der Waals surface area contributed by atoms with Crippen LogP contribution < -0.4 is 10.2 Å². The van der Waals surface area contributed by atoms with Crippen LogP contribution in [0.25, 0.3) is 0 Å². The van der Waals surface area contributed by atoms with Crippen LogP contribution in [0.2, 0.25) is 0 Å². The van der Waals surface area contributed by atoms with Crippen molar-refractivity contribution < 1.29 is 14.3 Å². The molecule has 9 heteroatoms. The zero-order chi connectivity index (χ0) is 19.3. The monoisotopic (exact) mass is 386 g/mol. The van der Waals surface area contributed by atoms with E-state index in [9.17, 15) is 9.59 Å². The van der Waals surface area contributed by atoms with E-state index in [-0.39, 0.29) is 18.2 Å². The molecule has 4 heterocycles. The van der Waals surface area contributed by atoms with Gasteiger partial charge in [0.1, 0.15) is 11.6 Å². The molecule has 1 unspecified atom stereocenters. The van der Waals surface area contributed by atoms with Gasteiger partial charge in [-0.25, -0.2) is 19.6 Å². The van der Waals surface area contributed by atoms with Gasteiger partial charge in [-0.15, -0.1) is 0 Å². The molecule has 1 aliphatic carbocycles. The average molecular weight is 386 g/mol. The summed E-state index contributed by atoms with van der Waals surface area (Å²) in [5, 5.41) is 3.16. The number of fused-ring (bicyclic) bond motifs is 2. The Morgan fingerprint density at radius 2 is 2.07 bits per heavy atom. The van der Waals surface area contributed by atoms with Crippen molar-refractivity contribution in [2.24, 2.45) is 0 Å². The molecule has 1 spiro atoms. The summed E-state index contributed by atoms with van der Waals surface area (Å²) in [5.74, 6) is 1.56. The van der Waals surface area contributed by atoms with Crippen LogP contribution in [0.3, 0.4) is 0 Å². The van der Waals surface area contributed by atoms with Crippen LogP contribution in [0.15, 0.2) is 12.3 Å². The minimum absolute atomic E-state index is 0.0105. The number of rotatable bonds is 2. The average Bonchev–Trinajstić information content (AvgIpc) is 3.26. The van der Waals surface area contributed by atoms with E-state index in [0.717, 1.165) is 24.5 Å². The summed E-state index contributed by atoms with van der Waals surface area (Å²) >= 11 is 0. The van der Waals surface area contributed by atoms with Gasteiger partial charge >= 0.3 is 12.1 Å². The molecule has 3 saturated heterocycles. The van der Waals surface area contributed by atoms with Crippen LogP contribution in [-0.4, -0.2) is 82.3 Å². The summed E-state index contributed by atoms with van der Waals surface area (Å²) in [4.78, 5) is 39.5. The Labute approximate surface area is 164 Å². The molecule has 28 heavy (non-hydrogen) atoms. The molecular weight excluding hydrogens is 360 g/mol. The Bertz CT molecular complexity index is 790. The van der Waals surface area contributed by atoms with E-state index in [2.05, 4.69) is 20.2 Å². The van der Waals surface area contributed by atoms with E-state index in [1.165, 1.54) is 12.8 Å². The molecule has 4 fully saturated rings. The summed E-state index contributed by atoms with van der Waals surface area (Å²) in [6.07, 6.45) is 5.98. The van der Waals surface area contributed by atoms with Crippen molar-refractivity contribution in [1.82, 2.24) is 25.1 Å². The van der Waals surface area contributed by atoms with Crippen LogP contribution in [0.5, 0.6) is 0 Å². The maximum absolute atomic E-state index is 12.7. The SMILES string of the molecule is Cc1nccc(N2CC3(C2)OC(=O)N2CCN(C(=O)NC4CCCC4)CC23)n1. The number of ether oxygens (including phenoxy) is 1. The third-order valence-corrected chi connectivity index (χ3v) is 6.49. The minimum atomic E-state index is -0.567. The second-order valence-electron chi connectivity index (χ2n) is 8.34. The summed E-state index contributed by atoms with van der Waals surface area (Å²) in [6.45, 7) is 4.63. The Morgan fingerprint density at radius 3 is 2.82 bits per heavy atom. The lowest BCUT2D eigenvalue weighted by Crippen LogP contribution is -2.72. The molecule has 9 nitrogen and oxygen atoms in total. The van der Waals surface area contributed by atoms with Gasteiger partial charge in [0.05, 0.1) is 19.1 Å². The van der Waals surface area contributed by atoms with Crippen LogP contribution in [-0.2, 0) is 4.74 Å². The van der Waals surface area contributed by atoms with Crippen molar-refractivity contribution >= 4 is 17.9 Å². The number of nitrogens with one attached hydrogen (secondary N) is 1. The third-order valence-electron chi connectivity index (χ3n) is 6.49. The highest BCUT2D eigenvalue weighted by molar-refractivity contribution is 5.77. The van der Waals surface area contributed by atoms with Crippen molar-refractivity contribution in [3.63, 3.8) is 0 Å². The molecule has 0 bridgehead atoms. The van der Waals surface area contributed by atoms with Gasteiger partial charge in [-0.1, -0.05) is 12.8 Å². The number of hydrogen-bond acceptors (Lipinski definition) is 6. The molecule has 0 aromatic carbocycles. The Morgan fingerprint density at radius 1 is 1.29 bits per heavy atom. The summed E-state index contributed by atoms with van der Waals surface area (Å²) in [6, 6.07) is 2.04. The smallest absolute Gasteiger partial charge is 0.411 e. The van der Waals surface area contributed by atoms with Gasteiger partial charge in [0.25, 0.3) is 0 Å². The van der Waals surface area contributed by atoms with E-state index in [0.29, 0.717) is 38.8 Å². The summed E-state index contributed by atoms with van der Waals surface area (Å²) in [7, 11) is 0. The molecule has 3 aliphatic heterocycles. The molecule has 1 aromatic heterocycles. The van der Waals surface area contributed by atoms with Gasteiger partial charge < -0.3 is 19.9 Å². The highest BCUT2D eigenvalue weighted by Crippen LogP contribution is 2.41. The lowest BCUT2D eigenvalue weighted by molar-refractivity contribution is -0.00379. The number of urea groups is 1. The molecule has 5 rings (SSSR count). The van der Waals surface area contributed by atoms with Crippen molar-refractivity contribution in [1.29, 1.82) is 0 Å². The van der Waals surface area contributed by atoms with Gasteiger partial charge in [-0.05, 0) is 25.8 Å². The van der Waals surface area contributed by atoms with Gasteiger partial charge in [0.2, 0.25) is 0 Å². The highest BCUT2D eigenvalue weighted by atomic mass is 16.6. The van der Waals surface area contributed by atoms with Crippen LogP contribution in [0.1, 0.15) is 31.5 Å².